The van der Waals surface area contributed by atoms with Crippen molar-refractivity contribution in [1.82, 2.24) is 10.3 Å². The van der Waals surface area contributed by atoms with Crippen molar-refractivity contribution in [3.63, 3.8) is 0 Å². The van der Waals surface area contributed by atoms with Crippen molar-refractivity contribution in [2.45, 2.75) is 13.0 Å². The predicted octanol–water partition coefficient (Wildman–Crippen LogP) is 1.75. The fraction of sp³-hybridized carbons (Fsp3) is 0.389. The lowest BCUT2D eigenvalue weighted by Crippen LogP contribution is -2.36. The van der Waals surface area contributed by atoms with Gasteiger partial charge in [0.25, 0.3) is 5.91 Å². The standard InChI is InChI=1S/C18H18ClN3O4/c1-7-14-12(22-18(24)15(7)14)6-26-16-8-4-13(25-2)9(17(20)23)3-11(8)21-5-10(16)19/h3-5,7,12,14-15H,6H2,1-2H3,(H2,20,23)(H,22,24)/t7?,12-,14-,15-/m1/s1. The maximum Gasteiger partial charge on any atom is 0.252 e. The number of hydrogen-bond donors (Lipinski definition) is 2. The normalized spacial score (nSPS) is 26.3. The van der Waals surface area contributed by atoms with Gasteiger partial charge in [-0.15, -0.1) is 0 Å². The van der Waals surface area contributed by atoms with Crippen LogP contribution in [0.1, 0.15) is 17.3 Å². The van der Waals surface area contributed by atoms with Crippen LogP contribution in [-0.4, -0.2) is 36.6 Å². The van der Waals surface area contributed by atoms with Gasteiger partial charge in [-0.25, -0.2) is 0 Å². The van der Waals surface area contributed by atoms with Crippen molar-refractivity contribution in [2.24, 2.45) is 23.5 Å². The third-order valence-electron chi connectivity index (χ3n) is 5.31. The van der Waals surface area contributed by atoms with Crippen molar-refractivity contribution in [3.05, 3.63) is 28.9 Å². The lowest BCUT2D eigenvalue weighted by Gasteiger charge is -2.18. The molecule has 8 heteroatoms. The summed E-state index contributed by atoms with van der Waals surface area (Å²) in [6, 6.07) is 3.16. The zero-order valence-corrected chi connectivity index (χ0v) is 15.0. The first-order chi connectivity index (χ1) is 12.4. The maximum absolute atomic E-state index is 11.8. The number of pyridine rings is 1. The molecule has 1 saturated carbocycles. The summed E-state index contributed by atoms with van der Waals surface area (Å²) in [4.78, 5) is 27.7. The number of methoxy groups -OCH3 is 1. The molecule has 1 aromatic heterocycles. The molecular weight excluding hydrogens is 358 g/mol. The monoisotopic (exact) mass is 375 g/mol. The number of primary amides is 1. The molecule has 3 N–H and O–H groups in total. The van der Waals surface area contributed by atoms with Gasteiger partial charge in [0.15, 0.2) is 0 Å². The molecule has 2 amide bonds. The Hall–Kier alpha value is -2.54. The van der Waals surface area contributed by atoms with Crippen molar-refractivity contribution >= 4 is 34.3 Å². The van der Waals surface area contributed by atoms with E-state index in [2.05, 4.69) is 17.2 Å². The largest absolute Gasteiger partial charge is 0.496 e. The first-order valence-corrected chi connectivity index (χ1v) is 8.69. The summed E-state index contributed by atoms with van der Waals surface area (Å²) < 4.78 is 11.2. The Balaban J connectivity index is 1.67. The van der Waals surface area contributed by atoms with Crippen molar-refractivity contribution < 1.29 is 19.1 Å². The second-order valence-electron chi connectivity index (χ2n) is 6.76. The number of ether oxygens (including phenoxy) is 2. The first-order valence-electron chi connectivity index (χ1n) is 8.31. The van der Waals surface area contributed by atoms with E-state index in [1.54, 1.807) is 12.1 Å². The SMILES string of the molecule is COc1cc2c(OC[C@H]3NC(=O)[C@@H]4C(C)[C@@H]43)c(Cl)cnc2cc1C(N)=O. The molecule has 4 atom stereocenters. The molecule has 1 saturated heterocycles. The molecule has 2 fully saturated rings. The smallest absolute Gasteiger partial charge is 0.252 e. The van der Waals surface area contributed by atoms with Crippen LogP contribution in [0.25, 0.3) is 10.9 Å². The van der Waals surface area contributed by atoms with Crippen LogP contribution in [0, 0.1) is 17.8 Å². The molecule has 0 spiro atoms. The molecule has 2 aromatic rings. The van der Waals surface area contributed by atoms with Crippen molar-refractivity contribution in [3.8, 4) is 11.5 Å². The minimum atomic E-state index is -0.606. The van der Waals surface area contributed by atoms with Crippen LogP contribution >= 0.6 is 11.6 Å². The molecule has 2 aliphatic rings. The van der Waals surface area contributed by atoms with Crippen LogP contribution < -0.4 is 20.5 Å². The van der Waals surface area contributed by atoms with Gasteiger partial charge < -0.3 is 20.5 Å². The second-order valence-corrected chi connectivity index (χ2v) is 7.16. The molecule has 4 rings (SSSR count). The van der Waals surface area contributed by atoms with E-state index in [-0.39, 0.29) is 23.4 Å². The number of nitrogens with zero attached hydrogens (tertiary/aromatic N) is 1. The van der Waals surface area contributed by atoms with Crippen molar-refractivity contribution in [2.75, 3.05) is 13.7 Å². The number of nitrogens with two attached hydrogens (primary N) is 1. The number of rotatable bonds is 5. The second kappa shape index (κ2) is 6.02. The molecule has 0 radical (unpaired) electrons. The minimum absolute atomic E-state index is 0.0337. The fourth-order valence-corrected chi connectivity index (χ4v) is 4.11. The Morgan fingerprint density at radius 1 is 1.42 bits per heavy atom. The number of piperidine rings is 1. The van der Waals surface area contributed by atoms with E-state index in [1.165, 1.54) is 13.3 Å². The molecule has 2 heterocycles. The highest BCUT2D eigenvalue weighted by Crippen LogP contribution is 2.52. The average Bonchev–Trinajstić information content (AvgIpc) is 3.16. The van der Waals surface area contributed by atoms with Gasteiger partial charge in [0.2, 0.25) is 5.91 Å². The molecule has 26 heavy (non-hydrogen) atoms. The van der Waals surface area contributed by atoms with Gasteiger partial charge in [0, 0.05) is 17.5 Å². The molecule has 0 bridgehead atoms. The Morgan fingerprint density at radius 3 is 2.81 bits per heavy atom. The van der Waals surface area contributed by atoms with Gasteiger partial charge in [-0.3, -0.25) is 14.6 Å². The van der Waals surface area contributed by atoms with E-state index in [4.69, 9.17) is 26.8 Å². The number of carbonyl (C=O) groups excluding carboxylic acids is 2. The van der Waals surface area contributed by atoms with Crippen LogP contribution in [0.4, 0.5) is 0 Å². The molecular formula is C18H18ClN3O4. The summed E-state index contributed by atoms with van der Waals surface area (Å²) in [5.74, 6) is 1.05. The van der Waals surface area contributed by atoms with Crippen molar-refractivity contribution in [1.29, 1.82) is 0 Å². The quantitative estimate of drug-likeness (QED) is 0.828. The molecule has 136 valence electrons. The van der Waals surface area contributed by atoms with E-state index in [9.17, 15) is 9.59 Å². The third kappa shape index (κ3) is 2.54. The number of benzene rings is 1. The Kier molecular flexibility index (Phi) is 3.91. The van der Waals surface area contributed by atoms with E-state index < -0.39 is 5.91 Å². The Labute approximate surface area is 154 Å². The van der Waals surface area contributed by atoms with Crippen LogP contribution in [0.3, 0.4) is 0 Å². The lowest BCUT2D eigenvalue weighted by atomic mass is 10.1. The summed E-state index contributed by atoms with van der Waals surface area (Å²) in [6.45, 7) is 2.39. The van der Waals surface area contributed by atoms with E-state index in [1.807, 2.05) is 0 Å². The number of aromatic nitrogens is 1. The summed E-state index contributed by atoms with van der Waals surface area (Å²) >= 11 is 6.28. The average molecular weight is 376 g/mol. The fourth-order valence-electron chi connectivity index (χ4n) is 3.90. The number of amides is 2. The Bertz CT molecular complexity index is 932. The molecule has 1 aliphatic heterocycles. The Morgan fingerprint density at radius 2 is 2.19 bits per heavy atom. The topological polar surface area (TPSA) is 104 Å². The molecule has 7 nitrogen and oxygen atoms in total. The summed E-state index contributed by atoms with van der Waals surface area (Å²) in [5, 5.41) is 3.92. The number of hydrogen-bond acceptors (Lipinski definition) is 5. The van der Waals surface area contributed by atoms with Crippen LogP contribution in [0.15, 0.2) is 18.3 Å². The third-order valence-corrected chi connectivity index (χ3v) is 5.58. The summed E-state index contributed by atoms with van der Waals surface area (Å²) in [7, 11) is 1.45. The van der Waals surface area contributed by atoms with Gasteiger partial charge in [-0.05, 0) is 24.0 Å². The van der Waals surface area contributed by atoms with E-state index >= 15 is 0 Å². The van der Waals surface area contributed by atoms with Crippen LogP contribution in [0.2, 0.25) is 5.02 Å². The maximum atomic E-state index is 11.8. The van der Waals surface area contributed by atoms with E-state index in [0.29, 0.717) is 45.9 Å². The number of carbonyl (C=O) groups is 2. The zero-order chi connectivity index (χ0) is 18.6. The summed E-state index contributed by atoms with van der Waals surface area (Å²) in [5.41, 5.74) is 6.15. The molecule has 1 unspecified atom stereocenters. The summed E-state index contributed by atoms with van der Waals surface area (Å²) in [6.07, 6.45) is 1.46. The van der Waals surface area contributed by atoms with Crippen LogP contribution in [0.5, 0.6) is 11.5 Å². The number of halogens is 1. The molecule has 1 aromatic carbocycles. The predicted molar refractivity (Wildman–Crippen MR) is 95.4 cm³/mol. The highest BCUT2D eigenvalue weighted by atomic mass is 35.5. The number of nitrogens with one attached hydrogen (secondary N) is 1. The first kappa shape index (κ1) is 16.9. The molecule has 1 aliphatic carbocycles. The van der Waals surface area contributed by atoms with Crippen LogP contribution in [-0.2, 0) is 4.79 Å². The highest BCUT2D eigenvalue weighted by Gasteiger charge is 2.61. The van der Waals surface area contributed by atoms with Gasteiger partial charge in [-0.1, -0.05) is 18.5 Å². The van der Waals surface area contributed by atoms with Gasteiger partial charge >= 0.3 is 0 Å². The number of fused-ring (bicyclic) bond motifs is 2. The lowest BCUT2D eigenvalue weighted by molar-refractivity contribution is -0.121. The van der Waals surface area contributed by atoms with Gasteiger partial charge in [0.1, 0.15) is 23.1 Å². The zero-order valence-electron chi connectivity index (χ0n) is 14.3. The minimum Gasteiger partial charge on any atom is -0.496 e. The highest BCUT2D eigenvalue weighted by molar-refractivity contribution is 6.33. The van der Waals surface area contributed by atoms with Gasteiger partial charge in [0.05, 0.1) is 24.2 Å². The van der Waals surface area contributed by atoms with E-state index in [0.717, 1.165) is 0 Å². The van der Waals surface area contributed by atoms with Gasteiger partial charge in [-0.2, -0.15) is 0 Å².